The van der Waals surface area contributed by atoms with Gasteiger partial charge >= 0.3 is 5.97 Å². The van der Waals surface area contributed by atoms with E-state index in [-0.39, 0.29) is 24.4 Å². The van der Waals surface area contributed by atoms with Gasteiger partial charge in [0, 0.05) is 13.2 Å². The Morgan fingerprint density at radius 1 is 1.47 bits per heavy atom. The molecule has 0 saturated heterocycles. The van der Waals surface area contributed by atoms with Gasteiger partial charge in [0.2, 0.25) is 0 Å². The first-order chi connectivity index (χ1) is 9.00. The van der Waals surface area contributed by atoms with Gasteiger partial charge in [-0.3, -0.25) is 4.79 Å². The molecule has 19 heavy (non-hydrogen) atoms. The quantitative estimate of drug-likeness (QED) is 0.595. The fourth-order valence-electron chi connectivity index (χ4n) is 2.44. The van der Waals surface area contributed by atoms with Crippen LogP contribution in [-0.2, 0) is 9.53 Å². The van der Waals surface area contributed by atoms with E-state index < -0.39 is 5.60 Å². The van der Waals surface area contributed by atoms with Crippen molar-refractivity contribution in [1.29, 1.82) is 0 Å². The topological polar surface area (TPSA) is 78.8 Å². The summed E-state index contributed by atoms with van der Waals surface area (Å²) in [4.78, 5) is 11.6. The van der Waals surface area contributed by atoms with Crippen molar-refractivity contribution in [3.05, 3.63) is 0 Å². The third-order valence-corrected chi connectivity index (χ3v) is 3.79. The van der Waals surface area contributed by atoms with Gasteiger partial charge in [0.15, 0.2) is 0 Å². The zero-order valence-corrected chi connectivity index (χ0v) is 12.0. The van der Waals surface area contributed by atoms with E-state index in [1.54, 1.807) is 0 Å². The Morgan fingerprint density at radius 2 is 2.11 bits per heavy atom. The number of hydrogen-bond acceptors (Lipinski definition) is 5. The fourth-order valence-corrected chi connectivity index (χ4v) is 2.44. The molecule has 1 aliphatic carbocycles. The highest BCUT2D eigenvalue weighted by atomic mass is 16.5. The Bertz CT molecular complexity index is 275. The van der Waals surface area contributed by atoms with Crippen LogP contribution < -0.4 is 5.32 Å². The Kier molecular flexibility index (Phi) is 6.75. The minimum absolute atomic E-state index is 0.0587. The molecule has 0 spiro atoms. The molecule has 0 aromatic heterocycles. The first kappa shape index (κ1) is 16.4. The highest BCUT2D eigenvalue weighted by Gasteiger charge is 2.36. The average Bonchev–Trinajstić information content (AvgIpc) is 2.39. The van der Waals surface area contributed by atoms with Gasteiger partial charge in [0.05, 0.1) is 18.1 Å². The van der Waals surface area contributed by atoms with E-state index in [0.717, 1.165) is 0 Å². The van der Waals surface area contributed by atoms with Gasteiger partial charge in [-0.05, 0) is 45.1 Å². The van der Waals surface area contributed by atoms with E-state index in [9.17, 15) is 9.90 Å². The first-order valence-electron chi connectivity index (χ1n) is 7.21. The van der Waals surface area contributed by atoms with Gasteiger partial charge in [-0.25, -0.2) is 0 Å². The average molecular weight is 273 g/mol. The molecule has 0 aromatic rings. The molecule has 5 heteroatoms. The summed E-state index contributed by atoms with van der Waals surface area (Å²) in [5.74, 6) is 0.00229. The number of carbonyl (C=O) groups is 1. The Hall–Kier alpha value is -0.650. The molecule has 1 saturated carbocycles. The second kappa shape index (κ2) is 7.82. The van der Waals surface area contributed by atoms with Crippen LogP contribution in [0.2, 0.25) is 0 Å². The summed E-state index contributed by atoms with van der Waals surface area (Å²) in [7, 11) is 0. The third kappa shape index (κ3) is 5.47. The summed E-state index contributed by atoms with van der Waals surface area (Å²) in [5, 5.41) is 22.5. The van der Waals surface area contributed by atoms with Crippen molar-refractivity contribution >= 4 is 5.97 Å². The van der Waals surface area contributed by atoms with Crippen LogP contribution >= 0.6 is 0 Å². The van der Waals surface area contributed by atoms with Crippen LogP contribution in [0.25, 0.3) is 0 Å². The normalized spacial score (nSPS) is 28.9. The van der Waals surface area contributed by atoms with Crippen molar-refractivity contribution in [2.45, 2.75) is 45.1 Å². The maximum Gasteiger partial charge on any atom is 0.308 e. The van der Waals surface area contributed by atoms with Crippen LogP contribution in [0.5, 0.6) is 0 Å². The summed E-state index contributed by atoms with van der Waals surface area (Å²) < 4.78 is 5.01. The summed E-state index contributed by atoms with van der Waals surface area (Å²) in [5.41, 5.74) is -0.724. The lowest BCUT2D eigenvalue weighted by Gasteiger charge is -2.35. The van der Waals surface area contributed by atoms with Crippen molar-refractivity contribution in [1.82, 2.24) is 5.32 Å². The zero-order valence-electron chi connectivity index (χ0n) is 12.0. The Labute approximate surface area is 115 Å². The van der Waals surface area contributed by atoms with Crippen LogP contribution in [0.15, 0.2) is 0 Å². The second-order valence-electron chi connectivity index (χ2n) is 5.67. The SMILES string of the molecule is CCOC(=O)C1CCC(O)(CNCC(C)CO)CC1. The Balaban J connectivity index is 2.28. The maximum absolute atomic E-state index is 11.6. The number of hydrogen-bond donors (Lipinski definition) is 3. The van der Waals surface area contributed by atoms with Gasteiger partial charge < -0.3 is 20.3 Å². The molecule has 5 nitrogen and oxygen atoms in total. The van der Waals surface area contributed by atoms with E-state index in [1.165, 1.54) is 0 Å². The standard InChI is InChI=1S/C14H27NO4/c1-3-19-13(17)12-4-6-14(18,7-5-12)10-15-8-11(2)9-16/h11-12,15-16,18H,3-10H2,1-2H3. The molecular weight excluding hydrogens is 246 g/mol. The summed E-state index contributed by atoms with van der Waals surface area (Å²) in [6.45, 7) is 5.54. The predicted molar refractivity (Wildman–Crippen MR) is 72.7 cm³/mol. The molecule has 0 bridgehead atoms. The van der Waals surface area contributed by atoms with Gasteiger partial charge in [-0.2, -0.15) is 0 Å². The first-order valence-corrected chi connectivity index (χ1v) is 7.21. The second-order valence-corrected chi connectivity index (χ2v) is 5.67. The van der Waals surface area contributed by atoms with E-state index >= 15 is 0 Å². The molecule has 112 valence electrons. The largest absolute Gasteiger partial charge is 0.466 e. The predicted octanol–water partition coefficient (Wildman–Crippen LogP) is 0.689. The molecule has 1 rings (SSSR count). The number of aliphatic hydroxyl groups is 2. The van der Waals surface area contributed by atoms with E-state index in [2.05, 4.69) is 5.32 Å². The molecule has 0 aromatic carbocycles. The van der Waals surface area contributed by atoms with Crippen molar-refractivity contribution in [2.75, 3.05) is 26.3 Å². The summed E-state index contributed by atoms with van der Waals surface area (Å²) in [6.07, 6.45) is 2.62. The molecule has 3 N–H and O–H groups in total. The van der Waals surface area contributed by atoms with Crippen molar-refractivity contribution in [3.63, 3.8) is 0 Å². The van der Waals surface area contributed by atoms with Crippen LogP contribution in [-0.4, -0.2) is 48.1 Å². The number of esters is 1. The van der Waals surface area contributed by atoms with Crippen LogP contribution in [0.1, 0.15) is 39.5 Å². The Morgan fingerprint density at radius 3 is 2.63 bits per heavy atom. The molecule has 0 amide bonds. The molecule has 1 atom stereocenters. The molecule has 1 fully saturated rings. The molecular formula is C14H27NO4. The minimum atomic E-state index is -0.724. The highest BCUT2D eigenvalue weighted by Crippen LogP contribution is 2.32. The summed E-state index contributed by atoms with van der Waals surface area (Å²) in [6, 6.07) is 0. The van der Waals surface area contributed by atoms with Crippen molar-refractivity contribution < 1.29 is 19.7 Å². The van der Waals surface area contributed by atoms with Crippen LogP contribution in [0.3, 0.4) is 0 Å². The molecule has 0 heterocycles. The number of nitrogens with one attached hydrogen (secondary N) is 1. The number of rotatable bonds is 7. The van der Waals surface area contributed by atoms with Gasteiger partial charge in [-0.15, -0.1) is 0 Å². The smallest absolute Gasteiger partial charge is 0.308 e. The van der Waals surface area contributed by atoms with E-state index in [4.69, 9.17) is 9.84 Å². The highest BCUT2D eigenvalue weighted by molar-refractivity contribution is 5.72. The lowest BCUT2D eigenvalue weighted by Crippen LogP contribution is -2.45. The molecule has 0 aliphatic heterocycles. The van der Waals surface area contributed by atoms with Crippen molar-refractivity contribution in [2.24, 2.45) is 11.8 Å². The van der Waals surface area contributed by atoms with Gasteiger partial charge in [-0.1, -0.05) is 6.92 Å². The molecule has 1 aliphatic rings. The van der Waals surface area contributed by atoms with E-state index in [1.807, 2.05) is 13.8 Å². The zero-order chi connectivity index (χ0) is 14.3. The van der Waals surface area contributed by atoms with E-state index in [0.29, 0.717) is 45.4 Å². The lowest BCUT2D eigenvalue weighted by molar-refractivity contribution is -0.151. The number of ether oxygens (including phenoxy) is 1. The van der Waals surface area contributed by atoms with Crippen molar-refractivity contribution in [3.8, 4) is 0 Å². The van der Waals surface area contributed by atoms with Crippen LogP contribution in [0.4, 0.5) is 0 Å². The number of aliphatic hydroxyl groups excluding tert-OH is 1. The van der Waals surface area contributed by atoms with Gasteiger partial charge in [0.1, 0.15) is 0 Å². The number of carbonyl (C=O) groups excluding carboxylic acids is 1. The summed E-state index contributed by atoms with van der Waals surface area (Å²) >= 11 is 0. The van der Waals surface area contributed by atoms with Gasteiger partial charge in [0.25, 0.3) is 0 Å². The third-order valence-electron chi connectivity index (χ3n) is 3.79. The van der Waals surface area contributed by atoms with Crippen LogP contribution in [0, 0.1) is 11.8 Å². The maximum atomic E-state index is 11.6. The minimum Gasteiger partial charge on any atom is -0.466 e. The molecule has 1 unspecified atom stereocenters. The lowest BCUT2D eigenvalue weighted by atomic mass is 9.78. The fraction of sp³-hybridized carbons (Fsp3) is 0.929. The monoisotopic (exact) mass is 273 g/mol. The molecule has 0 radical (unpaired) electrons.